The van der Waals surface area contributed by atoms with Gasteiger partial charge in [0.2, 0.25) is 0 Å². The SMILES string of the molecule is CCC1O[C@@H](OC2[C@H](O[C@H]3CCC4(C)C5CCC6C7CC(C)(C)CC[C@]7(C=O)CC[C@@]6(C)[C@@]5(C)CC[C@H]4C3C)OC(C)[C@H](C)[C@@H]2C)C(C)[C@@H](C)[C@H]1C. The number of carbonyl (C=O) groups is 1. The molecular weight excluding hydrogens is 645 g/mol. The first kappa shape index (κ1) is 39.7. The maximum Gasteiger partial charge on any atom is 0.184 e. The second kappa shape index (κ2) is 13.9. The van der Waals surface area contributed by atoms with E-state index in [4.69, 9.17) is 18.9 Å². The third kappa shape index (κ3) is 5.99. The number of carbonyl (C=O) groups excluding carboxylic acids is 1. The molecule has 7 fully saturated rings. The minimum Gasteiger partial charge on any atom is -0.349 e. The van der Waals surface area contributed by atoms with Gasteiger partial charge in [-0.05, 0) is 159 Å². The Morgan fingerprint density at radius 1 is 0.615 bits per heavy atom. The smallest absolute Gasteiger partial charge is 0.184 e. The Morgan fingerprint density at radius 3 is 2.02 bits per heavy atom. The average Bonchev–Trinajstić information content (AvgIpc) is 3.10. The lowest BCUT2D eigenvalue weighted by Crippen LogP contribution is -2.66. The van der Waals surface area contributed by atoms with Gasteiger partial charge in [-0.1, -0.05) is 83.1 Å². The molecule has 5 nitrogen and oxygen atoms in total. The van der Waals surface area contributed by atoms with Gasteiger partial charge in [-0.15, -0.1) is 0 Å². The first-order chi connectivity index (χ1) is 24.4. The van der Waals surface area contributed by atoms with E-state index in [2.05, 4.69) is 90.0 Å². The summed E-state index contributed by atoms with van der Waals surface area (Å²) >= 11 is 0. The molecule has 2 aliphatic heterocycles. The topological polar surface area (TPSA) is 54.0 Å². The van der Waals surface area contributed by atoms with Crippen molar-refractivity contribution in [2.45, 2.75) is 204 Å². The molecule has 2 saturated heterocycles. The van der Waals surface area contributed by atoms with E-state index in [1.165, 1.54) is 57.7 Å². The van der Waals surface area contributed by atoms with Gasteiger partial charge < -0.3 is 23.7 Å². The Kier molecular flexibility index (Phi) is 10.6. The highest BCUT2D eigenvalue weighted by atomic mass is 16.7. The zero-order chi connectivity index (χ0) is 37.8. The van der Waals surface area contributed by atoms with Gasteiger partial charge in [-0.25, -0.2) is 0 Å². The summed E-state index contributed by atoms with van der Waals surface area (Å²) in [5, 5.41) is 0. The fraction of sp³-hybridized carbons (Fsp3) is 0.979. The number of ether oxygens (including phenoxy) is 4. The standard InChI is InChI=1S/C47H80O5/c1-14-37-29(4)27(2)31(6)41(50-37)52-40-30(5)28(3)33(8)49-42(40)51-38-18-19-44(11)34(32(38)7)17-20-46(13)39(44)16-15-35-36-25-43(9,10)21-23-47(36,26-48)24-22-45(35,46)12/h26-42H,14-25H2,1-13H3/t27-,28+,29+,30-,31?,32?,33?,34-,35?,36?,37?,38-,39?,40?,41-,42-,44?,45+,46-,47+/m0/s1. The molecule has 0 aromatic rings. The van der Waals surface area contributed by atoms with Crippen LogP contribution in [0, 0.1) is 86.3 Å². The number of hydrogen-bond donors (Lipinski definition) is 0. The largest absolute Gasteiger partial charge is 0.349 e. The molecule has 7 aliphatic rings. The van der Waals surface area contributed by atoms with Crippen LogP contribution >= 0.6 is 0 Å². The Balaban J connectivity index is 1.09. The fourth-order valence-electron chi connectivity index (χ4n) is 15.2. The first-order valence-corrected chi connectivity index (χ1v) is 22.4. The van der Waals surface area contributed by atoms with E-state index in [1.807, 2.05) is 0 Å². The van der Waals surface area contributed by atoms with Crippen LogP contribution in [0.3, 0.4) is 0 Å². The van der Waals surface area contributed by atoms with Crippen molar-refractivity contribution in [1.82, 2.24) is 0 Å². The van der Waals surface area contributed by atoms with E-state index in [1.54, 1.807) is 0 Å². The van der Waals surface area contributed by atoms with Crippen LogP contribution in [0.15, 0.2) is 0 Å². The van der Waals surface area contributed by atoms with Gasteiger partial charge >= 0.3 is 0 Å². The maximum absolute atomic E-state index is 12.9. The highest BCUT2D eigenvalue weighted by Crippen LogP contribution is 2.76. The van der Waals surface area contributed by atoms with Gasteiger partial charge in [-0.2, -0.15) is 0 Å². The second-order valence-corrected chi connectivity index (χ2v) is 22.2. The Bertz CT molecular complexity index is 1300. The first-order valence-electron chi connectivity index (χ1n) is 22.4. The lowest BCUT2D eigenvalue weighted by molar-refractivity contribution is -0.348. The summed E-state index contributed by atoms with van der Waals surface area (Å²) in [4.78, 5) is 12.9. The third-order valence-corrected chi connectivity index (χ3v) is 19.8. The van der Waals surface area contributed by atoms with Crippen molar-refractivity contribution in [3.05, 3.63) is 0 Å². The molecule has 7 rings (SSSR count). The average molecular weight is 725 g/mol. The zero-order valence-corrected chi connectivity index (χ0v) is 35.8. The minimum atomic E-state index is -0.369. The van der Waals surface area contributed by atoms with Crippen LogP contribution in [0.2, 0.25) is 0 Å². The summed E-state index contributed by atoms with van der Waals surface area (Å²) in [6.07, 6.45) is 15.7. The maximum atomic E-state index is 12.9. The number of hydrogen-bond acceptors (Lipinski definition) is 5. The van der Waals surface area contributed by atoms with Crippen LogP contribution in [0.4, 0.5) is 0 Å². The molecule has 5 saturated carbocycles. The molecular formula is C47H80O5. The molecule has 20 atom stereocenters. The minimum absolute atomic E-state index is 0.0704. The van der Waals surface area contributed by atoms with Crippen molar-refractivity contribution in [2.75, 3.05) is 0 Å². The second-order valence-electron chi connectivity index (χ2n) is 22.2. The Hall–Kier alpha value is -0.490. The van der Waals surface area contributed by atoms with E-state index in [0.29, 0.717) is 74.9 Å². The van der Waals surface area contributed by atoms with Gasteiger partial charge in [0, 0.05) is 11.3 Å². The summed E-state index contributed by atoms with van der Waals surface area (Å²) in [5.74, 6) is 5.19. The van der Waals surface area contributed by atoms with Crippen molar-refractivity contribution in [2.24, 2.45) is 86.3 Å². The molecule has 0 radical (unpaired) electrons. The highest BCUT2D eigenvalue weighted by Gasteiger charge is 2.69. The molecule has 5 heteroatoms. The molecule has 0 amide bonds. The van der Waals surface area contributed by atoms with Crippen molar-refractivity contribution >= 4 is 6.29 Å². The van der Waals surface area contributed by atoms with E-state index < -0.39 is 0 Å². The predicted octanol–water partition coefficient (Wildman–Crippen LogP) is 11.5. The Labute approximate surface area is 319 Å². The molecule has 0 bridgehead atoms. The highest BCUT2D eigenvalue weighted by molar-refractivity contribution is 5.61. The van der Waals surface area contributed by atoms with E-state index in [9.17, 15) is 4.79 Å². The fourth-order valence-corrected chi connectivity index (χ4v) is 15.2. The summed E-state index contributed by atoms with van der Waals surface area (Å²) in [6.45, 7) is 31.7. The third-order valence-electron chi connectivity index (χ3n) is 19.8. The molecule has 9 unspecified atom stereocenters. The van der Waals surface area contributed by atoms with Crippen molar-refractivity contribution < 1.29 is 23.7 Å². The van der Waals surface area contributed by atoms with Crippen LogP contribution in [0.25, 0.3) is 0 Å². The number of aldehydes is 1. The van der Waals surface area contributed by atoms with Crippen molar-refractivity contribution in [3.8, 4) is 0 Å². The van der Waals surface area contributed by atoms with E-state index in [-0.39, 0.29) is 42.4 Å². The van der Waals surface area contributed by atoms with Crippen LogP contribution in [-0.2, 0) is 23.7 Å². The van der Waals surface area contributed by atoms with Crippen LogP contribution in [0.5, 0.6) is 0 Å². The molecule has 0 spiro atoms. The normalized spacial score (nSPS) is 57.5. The summed E-state index contributed by atoms with van der Waals surface area (Å²) in [6, 6.07) is 0. The predicted molar refractivity (Wildman–Crippen MR) is 209 cm³/mol. The number of fused-ring (bicyclic) bond motifs is 7. The number of rotatable bonds is 6. The zero-order valence-electron chi connectivity index (χ0n) is 35.8. The monoisotopic (exact) mass is 725 g/mol. The van der Waals surface area contributed by atoms with Gasteiger partial charge in [0.05, 0.1) is 18.3 Å². The molecule has 0 N–H and O–H groups in total. The summed E-state index contributed by atoms with van der Waals surface area (Å²) in [5.41, 5.74) is 1.22. The Morgan fingerprint density at radius 2 is 1.33 bits per heavy atom. The molecule has 0 aromatic carbocycles. The van der Waals surface area contributed by atoms with Crippen molar-refractivity contribution in [1.29, 1.82) is 0 Å². The molecule has 52 heavy (non-hydrogen) atoms. The summed E-state index contributed by atoms with van der Waals surface area (Å²) < 4.78 is 27.8. The van der Waals surface area contributed by atoms with Gasteiger partial charge in [0.25, 0.3) is 0 Å². The van der Waals surface area contributed by atoms with Gasteiger partial charge in [0.1, 0.15) is 12.4 Å². The lowest BCUT2D eigenvalue weighted by Gasteiger charge is -2.72. The molecule has 2 heterocycles. The molecule has 0 aromatic heterocycles. The quantitative estimate of drug-likeness (QED) is 0.202. The summed E-state index contributed by atoms with van der Waals surface area (Å²) in [7, 11) is 0. The van der Waals surface area contributed by atoms with Gasteiger partial charge in [0.15, 0.2) is 12.6 Å². The van der Waals surface area contributed by atoms with Crippen LogP contribution in [0.1, 0.15) is 167 Å². The van der Waals surface area contributed by atoms with E-state index in [0.717, 1.165) is 31.6 Å². The van der Waals surface area contributed by atoms with E-state index >= 15 is 0 Å². The van der Waals surface area contributed by atoms with Crippen LogP contribution < -0.4 is 0 Å². The lowest BCUT2D eigenvalue weighted by atomic mass is 9.32. The van der Waals surface area contributed by atoms with Gasteiger partial charge in [-0.3, -0.25) is 0 Å². The van der Waals surface area contributed by atoms with Crippen LogP contribution in [-0.4, -0.2) is 43.3 Å². The molecule has 5 aliphatic carbocycles. The molecule has 298 valence electrons. The van der Waals surface area contributed by atoms with Crippen molar-refractivity contribution in [3.63, 3.8) is 0 Å².